The zero-order valence-corrected chi connectivity index (χ0v) is 11.1. The molecule has 1 aliphatic rings. The SMILES string of the molecule is CCC(C)COc1ccc2c(c1)/C(=N\O)CCC2. The first-order chi connectivity index (χ1) is 8.74. The molecule has 3 heteroatoms. The molecule has 1 aromatic rings. The van der Waals surface area contributed by atoms with Crippen LogP contribution in [0.5, 0.6) is 5.75 Å². The van der Waals surface area contributed by atoms with Gasteiger partial charge in [0.2, 0.25) is 0 Å². The minimum atomic E-state index is 0.562. The van der Waals surface area contributed by atoms with E-state index in [9.17, 15) is 0 Å². The van der Waals surface area contributed by atoms with Crippen LogP contribution in [-0.4, -0.2) is 17.5 Å². The quantitative estimate of drug-likeness (QED) is 0.652. The van der Waals surface area contributed by atoms with Gasteiger partial charge < -0.3 is 9.94 Å². The predicted octanol–water partition coefficient (Wildman–Crippen LogP) is 3.63. The topological polar surface area (TPSA) is 41.8 Å². The molecule has 1 unspecified atom stereocenters. The Bertz CT molecular complexity index is 440. The van der Waals surface area contributed by atoms with Crippen LogP contribution in [0.25, 0.3) is 0 Å². The van der Waals surface area contributed by atoms with E-state index in [1.54, 1.807) is 0 Å². The van der Waals surface area contributed by atoms with Crippen LogP contribution in [0.15, 0.2) is 23.4 Å². The van der Waals surface area contributed by atoms with E-state index >= 15 is 0 Å². The van der Waals surface area contributed by atoms with E-state index in [0.29, 0.717) is 5.92 Å². The highest BCUT2D eigenvalue weighted by Gasteiger charge is 2.16. The summed E-state index contributed by atoms with van der Waals surface area (Å²) in [6.45, 7) is 5.08. The molecule has 3 nitrogen and oxygen atoms in total. The van der Waals surface area contributed by atoms with Crippen molar-refractivity contribution in [3.05, 3.63) is 29.3 Å². The average Bonchev–Trinajstić information content (AvgIpc) is 2.43. The Kier molecular flexibility index (Phi) is 4.24. The fourth-order valence-electron chi connectivity index (χ4n) is 2.17. The van der Waals surface area contributed by atoms with Gasteiger partial charge in [0.15, 0.2) is 0 Å². The van der Waals surface area contributed by atoms with Gasteiger partial charge in [0, 0.05) is 5.56 Å². The Labute approximate surface area is 108 Å². The first kappa shape index (κ1) is 12.9. The number of hydrogen-bond acceptors (Lipinski definition) is 3. The van der Waals surface area contributed by atoms with Crippen LogP contribution in [0.3, 0.4) is 0 Å². The normalized spacial score (nSPS) is 18.4. The third kappa shape index (κ3) is 2.84. The molecular formula is C15H21NO2. The van der Waals surface area contributed by atoms with Crippen LogP contribution in [0.2, 0.25) is 0 Å². The molecule has 98 valence electrons. The molecule has 0 saturated carbocycles. The van der Waals surface area contributed by atoms with Crippen LogP contribution in [-0.2, 0) is 6.42 Å². The molecule has 0 fully saturated rings. The number of oxime groups is 1. The molecule has 0 heterocycles. The fourth-order valence-corrected chi connectivity index (χ4v) is 2.17. The number of fused-ring (bicyclic) bond motifs is 1. The van der Waals surface area contributed by atoms with E-state index in [-0.39, 0.29) is 0 Å². The van der Waals surface area contributed by atoms with E-state index in [4.69, 9.17) is 9.94 Å². The Hall–Kier alpha value is -1.51. The van der Waals surface area contributed by atoms with Crippen LogP contribution < -0.4 is 4.74 Å². The van der Waals surface area contributed by atoms with Crippen molar-refractivity contribution in [2.24, 2.45) is 11.1 Å². The second-order valence-electron chi connectivity index (χ2n) is 5.04. The van der Waals surface area contributed by atoms with Crippen LogP contribution in [0.1, 0.15) is 44.2 Å². The number of hydrogen-bond donors (Lipinski definition) is 1. The lowest BCUT2D eigenvalue weighted by atomic mass is 9.90. The average molecular weight is 247 g/mol. The minimum Gasteiger partial charge on any atom is -0.493 e. The molecule has 1 N–H and O–H groups in total. The van der Waals surface area contributed by atoms with E-state index in [1.165, 1.54) is 5.56 Å². The summed E-state index contributed by atoms with van der Waals surface area (Å²) < 4.78 is 5.78. The lowest BCUT2D eigenvalue weighted by molar-refractivity contribution is 0.256. The summed E-state index contributed by atoms with van der Waals surface area (Å²) in [5.41, 5.74) is 3.08. The van der Waals surface area contributed by atoms with Crippen molar-refractivity contribution < 1.29 is 9.94 Å². The molecule has 0 amide bonds. The highest BCUT2D eigenvalue weighted by molar-refractivity contribution is 6.02. The second-order valence-corrected chi connectivity index (χ2v) is 5.04. The van der Waals surface area contributed by atoms with Crippen LogP contribution in [0.4, 0.5) is 0 Å². The standard InChI is InChI=1S/C15H21NO2/c1-3-11(2)10-18-13-8-7-12-5-4-6-15(16-17)14(12)9-13/h7-9,11,17H,3-6,10H2,1-2H3/b16-15-. The van der Waals surface area contributed by atoms with Gasteiger partial charge in [-0.3, -0.25) is 0 Å². The summed E-state index contributed by atoms with van der Waals surface area (Å²) in [5.74, 6) is 1.43. The van der Waals surface area contributed by atoms with Gasteiger partial charge in [-0.15, -0.1) is 0 Å². The van der Waals surface area contributed by atoms with Crippen LogP contribution in [0, 0.1) is 5.92 Å². The summed E-state index contributed by atoms with van der Waals surface area (Å²) in [7, 11) is 0. The van der Waals surface area contributed by atoms with E-state index in [2.05, 4.69) is 25.1 Å². The highest BCUT2D eigenvalue weighted by atomic mass is 16.5. The van der Waals surface area contributed by atoms with E-state index < -0.39 is 0 Å². The van der Waals surface area contributed by atoms with Crippen molar-refractivity contribution in [2.75, 3.05) is 6.61 Å². The van der Waals surface area contributed by atoms with Gasteiger partial charge in [-0.05, 0) is 42.9 Å². The molecule has 1 aliphatic carbocycles. The summed E-state index contributed by atoms with van der Waals surface area (Å²) in [6.07, 6.45) is 4.08. The number of rotatable bonds is 4. The lowest BCUT2D eigenvalue weighted by Gasteiger charge is -2.18. The highest BCUT2D eigenvalue weighted by Crippen LogP contribution is 2.26. The molecule has 2 rings (SSSR count). The van der Waals surface area contributed by atoms with Crippen molar-refractivity contribution in [1.29, 1.82) is 0 Å². The maximum atomic E-state index is 9.03. The molecule has 18 heavy (non-hydrogen) atoms. The molecule has 0 spiro atoms. The summed E-state index contributed by atoms with van der Waals surface area (Å²) in [4.78, 5) is 0. The molecule has 0 aromatic heterocycles. The monoisotopic (exact) mass is 247 g/mol. The maximum absolute atomic E-state index is 9.03. The molecule has 1 atom stereocenters. The van der Waals surface area contributed by atoms with Crippen molar-refractivity contribution >= 4 is 5.71 Å². The van der Waals surface area contributed by atoms with Crippen molar-refractivity contribution in [3.63, 3.8) is 0 Å². The van der Waals surface area contributed by atoms with Gasteiger partial charge in [-0.25, -0.2) is 0 Å². The smallest absolute Gasteiger partial charge is 0.119 e. The largest absolute Gasteiger partial charge is 0.493 e. The summed E-state index contributed by atoms with van der Waals surface area (Å²) >= 11 is 0. The second kappa shape index (κ2) is 5.89. The van der Waals surface area contributed by atoms with Gasteiger partial charge in [-0.1, -0.05) is 31.5 Å². The Balaban J connectivity index is 2.15. The molecular weight excluding hydrogens is 226 g/mol. The van der Waals surface area contributed by atoms with Gasteiger partial charge >= 0.3 is 0 Å². The molecule has 0 saturated heterocycles. The van der Waals surface area contributed by atoms with Crippen molar-refractivity contribution in [1.82, 2.24) is 0 Å². The van der Waals surface area contributed by atoms with E-state index in [1.807, 2.05) is 12.1 Å². The first-order valence-electron chi connectivity index (χ1n) is 6.71. The fraction of sp³-hybridized carbons (Fsp3) is 0.533. The first-order valence-corrected chi connectivity index (χ1v) is 6.71. The predicted molar refractivity (Wildman–Crippen MR) is 72.7 cm³/mol. The van der Waals surface area contributed by atoms with Crippen molar-refractivity contribution in [2.45, 2.75) is 39.5 Å². The zero-order chi connectivity index (χ0) is 13.0. The van der Waals surface area contributed by atoms with Gasteiger partial charge in [0.05, 0.1) is 12.3 Å². The summed E-state index contributed by atoms with van der Waals surface area (Å²) in [6, 6.07) is 6.11. The van der Waals surface area contributed by atoms with Crippen LogP contribution >= 0.6 is 0 Å². The molecule has 0 radical (unpaired) electrons. The third-order valence-corrected chi connectivity index (χ3v) is 3.60. The Morgan fingerprint density at radius 3 is 2.94 bits per heavy atom. The number of ether oxygens (including phenoxy) is 1. The molecule has 0 aliphatic heterocycles. The van der Waals surface area contributed by atoms with E-state index in [0.717, 1.165) is 49.3 Å². The molecule has 1 aromatic carbocycles. The van der Waals surface area contributed by atoms with Gasteiger partial charge in [0.25, 0.3) is 0 Å². The lowest BCUT2D eigenvalue weighted by Crippen LogP contribution is -2.13. The Morgan fingerprint density at radius 2 is 2.22 bits per heavy atom. The minimum absolute atomic E-state index is 0.562. The number of nitrogens with zero attached hydrogens (tertiary/aromatic N) is 1. The Morgan fingerprint density at radius 1 is 1.39 bits per heavy atom. The van der Waals surface area contributed by atoms with Gasteiger partial charge in [-0.2, -0.15) is 0 Å². The molecule has 0 bridgehead atoms. The number of aryl methyl sites for hydroxylation is 1. The maximum Gasteiger partial charge on any atom is 0.119 e. The summed E-state index contributed by atoms with van der Waals surface area (Å²) in [5, 5.41) is 12.4. The van der Waals surface area contributed by atoms with Gasteiger partial charge in [0.1, 0.15) is 5.75 Å². The van der Waals surface area contributed by atoms with Crippen molar-refractivity contribution in [3.8, 4) is 5.75 Å². The third-order valence-electron chi connectivity index (χ3n) is 3.60. The number of benzene rings is 1. The zero-order valence-electron chi connectivity index (χ0n) is 11.1.